The average Bonchev–Trinajstić information content (AvgIpc) is 3.08. The number of hydrogen-bond acceptors (Lipinski definition) is 6. The van der Waals surface area contributed by atoms with Crippen molar-refractivity contribution < 1.29 is 4.92 Å². The minimum absolute atomic E-state index is 0.0223. The Morgan fingerprint density at radius 1 is 1.23 bits per heavy atom. The number of nitriles is 2. The third-order valence-electron chi connectivity index (χ3n) is 4.59. The lowest BCUT2D eigenvalue weighted by Crippen LogP contribution is -2.02. The molecule has 0 saturated carbocycles. The molecule has 0 aliphatic rings. The van der Waals surface area contributed by atoms with Gasteiger partial charge in [0.1, 0.15) is 29.2 Å². The Kier molecular flexibility index (Phi) is 5.61. The highest BCUT2D eigenvalue weighted by atomic mass is 16.6. The largest absolute Gasteiger partial charge is 0.382 e. The van der Waals surface area contributed by atoms with Gasteiger partial charge in [-0.2, -0.15) is 15.6 Å². The van der Waals surface area contributed by atoms with Gasteiger partial charge in [0.2, 0.25) is 0 Å². The van der Waals surface area contributed by atoms with Crippen molar-refractivity contribution in [3.05, 3.63) is 81.0 Å². The van der Waals surface area contributed by atoms with E-state index >= 15 is 0 Å². The molecule has 0 amide bonds. The molecule has 0 atom stereocenters. The van der Waals surface area contributed by atoms with Crippen LogP contribution in [0.15, 0.2) is 48.5 Å². The van der Waals surface area contributed by atoms with Crippen LogP contribution in [0, 0.1) is 32.8 Å². The molecule has 30 heavy (non-hydrogen) atoms. The summed E-state index contributed by atoms with van der Waals surface area (Å²) in [6.45, 7) is 3.74. The Hall–Kier alpha value is -4.43. The number of anilines is 1. The van der Waals surface area contributed by atoms with Crippen molar-refractivity contribution in [3.63, 3.8) is 0 Å². The zero-order chi connectivity index (χ0) is 21.8. The first-order chi connectivity index (χ1) is 14.4. The Labute approximate surface area is 173 Å². The van der Waals surface area contributed by atoms with Crippen LogP contribution in [0.3, 0.4) is 0 Å². The van der Waals surface area contributed by atoms with Crippen molar-refractivity contribution in [1.29, 1.82) is 10.5 Å². The van der Waals surface area contributed by atoms with Crippen LogP contribution >= 0.6 is 0 Å². The van der Waals surface area contributed by atoms with E-state index in [9.17, 15) is 20.6 Å². The minimum atomic E-state index is -0.443. The molecule has 2 aromatic carbocycles. The van der Waals surface area contributed by atoms with E-state index in [0.29, 0.717) is 16.8 Å². The van der Waals surface area contributed by atoms with E-state index < -0.39 is 4.92 Å². The van der Waals surface area contributed by atoms with Crippen molar-refractivity contribution in [2.24, 2.45) is 0 Å². The first kappa shape index (κ1) is 20.3. The highest BCUT2D eigenvalue weighted by Crippen LogP contribution is 2.30. The van der Waals surface area contributed by atoms with Crippen LogP contribution in [0.25, 0.3) is 17.3 Å². The van der Waals surface area contributed by atoms with Crippen molar-refractivity contribution in [2.45, 2.75) is 19.8 Å². The number of nitro groups is 1. The summed E-state index contributed by atoms with van der Waals surface area (Å²) < 4.78 is 1.39. The van der Waals surface area contributed by atoms with Crippen LogP contribution in [0.5, 0.6) is 0 Å². The van der Waals surface area contributed by atoms with Gasteiger partial charge in [-0.1, -0.05) is 44.2 Å². The van der Waals surface area contributed by atoms with Gasteiger partial charge in [-0.25, -0.2) is 4.68 Å². The molecule has 0 spiro atoms. The maximum atomic E-state index is 11.5. The molecule has 0 radical (unpaired) electrons. The smallest absolute Gasteiger partial charge is 0.273 e. The summed E-state index contributed by atoms with van der Waals surface area (Å²) in [6.07, 6.45) is 1.47. The fourth-order valence-corrected chi connectivity index (χ4v) is 3.11. The second-order valence-corrected chi connectivity index (χ2v) is 6.87. The van der Waals surface area contributed by atoms with Crippen molar-refractivity contribution in [1.82, 2.24) is 9.78 Å². The number of nitrogens with zero attached hydrogens (tertiary/aromatic N) is 5. The third kappa shape index (κ3) is 3.75. The van der Waals surface area contributed by atoms with Gasteiger partial charge in [0.15, 0.2) is 0 Å². The van der Waals surface area contributed by atoms with Gasteiger partial charge in [-0.15, -0.1) is 0 Å². The highest BCUT2D eigenvalue weighted by Gasteiger charge is 2.21. The Bertz CT molecular complexity index is 1230. The lowest BCUT2D eigenvalue weighted by atomic mass is 9.98. The van der Waals surface area contributed by atoms with Crippen molar-refractivity contribution in [2.75, 3.05) is 5.73 Å². The first-order valence-corrected chi connectivity index (χ1v) is 9.11. The summed E-state index contributed by atoms with van der Waals surface area (Å²) in [5, 5.41) is 35.1. The topological polar surface area (TPSA) is 135 Å². The van der Waals surface area contributed by atoms with Gasteiger partial charge >= 0.3 is 0 Å². The Balaban J connectivity index is 2.15. The van der Waals surface area contributed by atoms with Gasteiger partial charge in [-0.3, -0.25) is 10.1 Å². The molecule has 1 heterocycles. The standard InChI is InChI=1S/C22H18N6O2/c1-14(2)18-9-8-15(11-20(18)28(29)30)10-16(12-23)21-19(13-24)22(25)27(26-21)17-6-4-3-5-7-17/h3-11,14H,25H2,1-2H3/b16-10+. The van der Waals surface area contributed by atoms with Crippen LogP contribution in [0.1, 0.15) is 42.1 Å². The Morgan fingerprint density at radius 3 is 2.50 bits per heavy atom. The zero-order valence-corrected chi connectivity index (χ0v) is 16.4. The molecular formula is C22H18N6O2. The fourth-order valence-electron chi connectivity index (χ4n) is 3.11. The molecule has 148 valence electrons. The predicted molar refractivity (Wildman–Crippen MR) is 113 cm³/mol. The zero-order valence-electron chi connectivity index (χ0n) is 16.4. The van der Waals surface area contributed by atoms with Crippen molar-refractivity contribution >= 4 is 23.2 Å². The molecule has 2 N–H and O–H groups in total. The predicted octanol–water partition coefficient (Wildman–Crippen LogP) is 4.42. The van der Waals surface area contributed by atoms with Gasteiger partial charge in [0.25, 0.3) is 5.69 Å². The molecule has 1 aromatic heterocycles. The average molecular weight is 398 g/mol. The lowest BCUT2D eigenvalue weighted by Gasteiger charge is -2.07. The number of nitro benzene ring substituents is 1. The molecule has 0 aliphatic carbocycles. The number of rotatable bonds is 5. The molecule has 0 saturated heterocycles. The molecule has 8 nitrogen and oxygen atoms in total. The van der Waals surface area contributed by atoms with Crippen LogP contribution in [0.4, 0.5) is 11.5 Å². The Morgan fingerprint density at radius 2 is 1.93 bits per heavy atom. The van der Waals surface area contributed by atoms with E-state index in [4.69, 9.17) is 5.73 Å². The maximum Gasteiger partial charge on any atom is 0.273 e. The first-order valence-electron chi connectivity index (χ1n) is 9.11. The molecular weight excluding hydrogens is 380 g/mol. The van der Waals surface area contributed by atoms with Gasteiger partial charge in [0.05, 0.1) is 16.2 Å². The lowest BCUT2D eigenvalue weighted by molar-refractivity contribution is -0.385. The molecule has 0 aliphatic heterocycles. The van der Waals surface area contributed by atoms with Crippen LogP contribution < -0.4 is 5.73 Å². The van der Waals surface area contributed by atoms with Crippen molar-refractivity contribution in [3.8, 4) is 17.8 Å². The second-order valence-electron chi connectivity index (χ2n) is 6.87. The van der Waals surface area contributed by atoms with E-state index in [0.717, 1.165) is 0 Å². The van der Waals surface area contributed by atoms with Gasteiger partial charge in [-0.05, 0) is 29.7 Å². The third-order valence-corrected chi connectivity index (χ3v) is 4.59. The second kappa shape index (κ2) is 8.29. The number of aromatic nitrogens is 2. The highest BCUT2D eigenvalue weighted by molar-refractivity contribution is 5.91. The number of nitrogen functional groups attached to an aromatic ring is 1. The molecule has 3 aromatic rings. The summed E-state index contributed by atoms with van der Waals surface area (Å²) in [6, 6.07) is 17.8. The molecule has 0 bridgehead atoms. The van der Waals surface area contributed by atoms with E-state index in [-0.39, 0.29) is 34.3 Å². The number of allylic oxidation sites excluding steroid dienone is 1. The van der Waals surface area contributed by atoms with E-state index in [1.54, 1.807) is 36.4 Å². The number of nitrogens with two attached hydrogens (primary N) is 1. The molecule has 0 unspecified atom stereocenters. The van der Waals surface area contributed by atoms with Gasteiger partial charge in [0, 0.05) is 11.6 Å². The maximum absolute atomic E-state index is 11.5. The van der Waals surface area contributed by atoms with Crippen LogP contribution in [-0.4, -0.2) is 14.7 Å². The summed E-state index contributed by atoms with van der Waals surface area (Å²) in [4.78, 5) is 11.0. The minimum Gasteiger partial charge on any atom is -0.382 e. The number of para-hydroxylation sites is 1. The molecule has 0 fully saturated rings. The quantitative estimate of drug-likeness (QED) is 0.384. The summed E-state index contributed by atoms with van der Waals surface area (Å²) >= 11 is 0. The van der Waals surface area contributed by atoms with Crippen LogP contribution in [0.2, 0.25) is 0 Å². The summed E-state index contributed by atoms with van der Waals surface area (Å²) in [7, 11) is 0. The van der Waals surface area contributed by atoms with E-state index in [1.165, 1.54) is 16.8 Å². The SMILES string of the molecule is CC(C)c1ccc(/C=C(\C#N)c2nn(-c3ccccc3)c(N)c2C#N)cc1[N+](=O)[O-]. The summed E-state index contributed by atoms with van der Waals surface area (Å²) in [5.74, 6) is 0.0893. The monoisotopic (exact) mass is 398 g/mol. The fraction of sp³-hybridized carbons (Fsp3) is 0.136. The summed E-state index contributed by atoms with van der Waals surface area (Å²) in [5.41, 5.74) is 8.06. The number of hydrogen-bond donors (Lipinski definition) is 1. The number of benzene rings is 2. The van der Waals surface area contributed by atoms with E-state index in [1.807, 2.05) is 32.1 Å². The molecule has 8 heteroatoms. The van der Waals surface area contributed by atoms with Gasteiger partial charge < -0.3 is 5.73 Å². The normalized spacial score (nSPS) is 11.2. The van der Waals surface area contributed by atoms with E-state index in [2.05, 4.69) is 5.10 Å². The molecule has 3 rings (SSSR count). The van der Waals surface area contributed by atoms with Crippen LogP contribution in [-0.2, 0) is 0 Å².